The third kappa shape index (κ3) is 6.71. The van der Waals surface area contributed by atoms with Gasteiger partial charge in [-0.25, -0.2) is 9.90 Å². The van der Waals surface area contributed by atoms with Gasteiger partial charge in [0, 0.05) is 37.3 Å². The highest BCUT2D eigenvalue weighted by molar-refractivity contribution is 6.06. The zero-order valence-electron chi connectivity index (χ0n) is 22.7. The molecule has 8 nitrogen and oxygen atoms in total. The number of rotatable bonds is 3. The van der Waals surface area contributed by atoms with Crippen LogP contribution < -0.4 is 5.06 Å². The molecule has 0 aromatic heterocycles. The third-order valence-corrected chi connectivity index (χ3v) is 5.74. The minimum absolute atomic E-state index is 0.0440. The molecule has 2 amide bonds. The molecule has 0 unspecified atom stereocenters. The number of hydroxylamine groups is 1. The number of carbonyl (C=O) groups excluding carboxylic acids is 2. The molecule has 0 aliphatic carbocycles. The number of ether oxygens (including phenoxy) is 2. The largest absolute Gasteiger partial charge is 0.378 e. The molecule has 3 fully saturated rings. The van der Waals surface area contributed by atoms with E-state index in [1.54, 1.807) is 5.06 Å². The molecule has 1 aromatic rings. The van der Waals surface area contributed by atoms with E-state index in [1.807, 2.05) is 72.1 Å². The van der Waals surface area contributed by atoms with Crippen LogP contribution in [0.5, 0.6) is 0 Å². The molecular weight excluding hydrogens is 434 g/mol. The molecule has 34 heavy (non-hydrogen) atoms. The molecule has 3 heterocycles. The molecule has 3 aliphatic heterocycles. The van der Waals surface area contributed by atoms with E-state index in [0.29, 0.717) is 70.5 Å². The Balaban J connectivity index is 0.000000894. The zero-order valence-corrected chi connectivity index (χ0v) is 22.7. The molecule has 0 atom stereocenters. The van der Waals surface area contributed by atoms with Crippen molar-refractivity contribution in [3.8, 4) is 0 Å². The SMILES string of the molecule is CC.CC.CC.Cc1c(C(=O)N2CCOCC2)c(C)c(N2CO2)c(C)c1C(=O)N1CCOCC1. The highest BCUT2D eigenvalue weighted by atomic mass is 16.8. The number of anilines is 1. The van der Waals surface area contributed by atoms with E-state index >= 15 is 0 Å². The van der Waals surface area contributed by atoms with Gasteiger partial charge in [0.2, 0.25) is 0 Å². The van der Waals surface area contributed by atoms with E-state index in [0.717, 1.165) is 22.4 Å². The molecule has 0 bridgehead atoms. The second-order valence-electron chi connectivity index (χ2n) is 7.42. The van der Waals surface area contributed by atoms with Crippen molar-refractivity contribution in [2.45, 2.75) is 62.3 Å². The van der Waals surface area contributed by atoms with Crippen LogP contribution in [0.25, 0.3) is 0 Å². The highest BCUT2D eigenvalue weighted by Crippen LogP contribution is 2.38. The van der Waals surface area contributed by atoms with E-state index in [9.17, 15) is 9.59 Å². The fourth-order valence-corrected chi connectivity index (χ4v) is 4.23. The van der Waals surface area contributed by atoms with Gasteiger partial charge in [0.25, 0.3) is 11.8 Å². The summed E-state index contributed by atoms with van der Waals surface area (Å²) in [6, 6.07) is 0. The smallest absolute Gasteiger partial charge is 0.254 e. The maximum absolute atomic E-state index is 13.4. The maximum Gasteiger partial charge on any atom is 0.254 e. The van der Waals surface area contributed by atoms with Crippen LogP contribution in [0.2, 0.25) is 0 Å². The Morgan fingerprint density at radius 1 is 0.618 bits per heavy atom. The average molecular weight is 480 g/mol. The minimum atomic E-state index is -0.0440. The van der Waals surface area contributed by atoms with Gasteiger partial charge in [-0.05, 0) is 37.5 Å². The van der Waals surface area contributed by atoms with Gasteiger partial charge >= 0.3 is 0 Å². The Bertz CT molecular complexity index is 739. The summed E-state index contributed by atoms with van der Waals surface area (Å²) in [5.74, 6) is -0.0881. The quantitative estimate of drug-likeness (QED) is 0.600. The molecule has 0 N–H and O–H groups in total. The van der Waals surface area contributed by atoms with Crippen molar-refractivity contribution in [3.63, 3.8) is 0 Å². The fraction of sp³-hybridized carbons (Fsp3) is 0.692. The molecule has 3 aliphatic rings. The van der Waals surface area contributed by atoms with Gasteiger partial charge in [0.15, 0.2) is 6.73 Å². The second-order valence-corrected chi connectivity index (χ2v) is 7.42. The maximum atomic E-state index is 13.4. The van der Waals surface area contributed by atoms with Crippen molar-refractivity contribution in [1.29, 1.82) is 0 Å². The van der Waals surface area contributed by atoms with Gasteiger partial charge in [0.05, 0.1) is 32.1 Å². The monoisotopic (exact) mass is 479 g/mol. The molecule has 194 valence electrons. The number of hydrogen-bond donors (Lipinski definition) is 0. The number of carbonyl (C=O) groups is 2. The molecule has 3 saturated heterocycles. The van der Waals surface area contributed by atoms with Gasteiger partial charge in [-0.15, -0.1) is 0 Å². The van der Waals surface area contributed by atoms with Crippen molar-refractivity contribution in [1.82, 2.24) is 9.80 Å². The van der Waals surface area contributed by atoms with Crippen LogP contribution in [0.3, 0.4) is 0 Å². The third-order valence-electron chi connectivity index (χ3n) is 5.74. The van der Waals surface area contributed by atoms with Crippen molar-refractivity contribution < 1.29 is 23.9 Å². The molecule has 8 heteroatoms. The zero-order chi connectivity index (χ0) is 25.8. The van der Waals surface area contributed by atoms with Crippen LogP contribution in [0.4, 0.5) is 5.69 Å². The number of nitrogens with zero attached hydrogens (tertiary/aromatic N) is 3. The first-order valence-electron chi connectivity index (χ1n) is 12.8. The first-order valence-corrected chi connectivity index (χ1v) is 12.8. The summed E-state index contributed by atoms with van der Waals surface area (Å²) < 4.78 is 10.8. The first-order chi connectivity index (χ1) is 16.5. The highest BCUT2D eigenvalue weighted by Gasteiger charge is 2.34. The van der Waals surface area contributed by atoms with Crippen LogP contribution in [-0.2, 0) is 14.3 Å². The van der Waals surface area contributed by atoms with Crippen LogP contribution in [0.15, 0.2) is 0 Å². The topological polar surface area (TPSA) is 74.6 Å². The van der Waals surface area contributed by atoms with Crippen LogP contribution in [0, 0.1) is 20.8 Å². The molecular formula is C26H45N3O5. The Hall–Kier alpha value is -2.16. The second kappa shape index (κ2) is 15.0. The van der Waals surface area contributed by atoms with Crippen molar-refractivity contribution in [2.75, 3.05) is 64.4 Å². The standard InChI is InChI=1S/C20H27N3O5.3C2H6/c1-13-16(19(24)21-4-8-26-9-5-21)14(2)18(23-12-28-23)15(3)17(13)20(25)22-6-10-27-11-7-22;3*1-2/h4-12H2,1-3H3;3*1-2H3. The Labute approximate surface area is 206 Å². The van der Waals surface area contributed by atoms with Crippen molar-refractivity contribution in [2.24, 2.45) is 0 Å². The van der Waals surface area contributed by atoms with E-state index in [-0.39, 0.29) is 11.8 Å². The fourth-order valence-electron chi connectivity index (χ4n) is 4.23. The van der Waals surface area contributed by atoms with Gasteiger partial charge in [-0.1, -0.05) is 41.5 Å². The van der Waals surface area contributed by atoms with Crippen LogP contribution >= 0.6 is 0 Å². The lowest BCUT2D eigenvalue weighted by molar-refractivity contribution is 0.0296. The van der Waals surface area contributed by atoms with E-state index < -0.39 is 0 Å². The first kappa shape index (κ1) is 29.9. The van der Waals surface area contributed by atoms with Crippen LogP contribution in [-0.4, -0.2) is 81.0 Å². The Morgan fingerprint density at radius 3 is 1.24 bits per heavy atom. The summed E-state index contributed by atoms with van der Waals surface area (Å²) in [6.45, 7) is 22.6. The van der Waals surface area contributed by atoms with Crippen LogP contribution in [0.1, 0.15) is 78.9 Å². The summed E-state index contributed by atoms with van der Waals surface area (Å²) in [5, 5.41) is 1.75. The summed E-state index contributed by atoms with van der Waals surface area (Å²) in [4.78, 5) is 35.7. The van der Waals surface area contributed by atoms with Gasteiger partial charge < -0.3 is 19.3 Å². The lowest BCUT2D eigenvalue weighted by atomic mass is 9.89. The van der Waals surface area contributed by atoms with E-state index in [4.69, 9.17) is 14.3 Å². The molecule has 4 rings (SSSR count). The Kier molecular flexibility index (Phi) is 13.1. The van der Waals surface area contributed by atoms with E-state index in [2.05, 4.69) is 0 Å². The molecule has 0 spiro atoms. The lowest BCUT2D eigenvalue weighted by Gasteiger charge is -2.31. The molecule has 0 saturated carbocycles. The predicted molar refractivity (Wildman–Crippen MR) is 137 cm³/mol. The normalized spacial score (nSPS) is 16.8. The summed E-state index contributed by atoms with van der Waals surface area (Å²) >= 11 is 0. The van der Waals surface area contributed by atoms with Crippen molar-refractivity contribution in [3.05, 3.63) is 27.8 Å². The Morgan fingerprint density at radius 2 is 0.941 bits per heavy atom. The predicted octanol–water partition coefficient (Wildman–Crippen LogP) is 4.34. The van der Waals surface area contributed by atoms with E-state index in [1.165, 1.54) is 0 Å². The lowest BCUT2D eigenvalue weighted by Crippen LogP contribution is -2.43. The summed E-state index contributed by atoms with van der Waals surface area (Å²) in [5.41, 5.74) is 4.52. The van der Waals surface area contributed by atoms with Gasteiger partial charge in [-0.2, -0.15) is 0 Å². The number of benzene rings is 1. The molecule has 1 aromatic carbocycles. The van der Waals surface area contributed by atoms with Crippen molar-refractivity contribution >= 4 is 17.5 Å². The average Bonchev–Trinajstić information content (AvgIpc) is 3.73. The summed E-state index contributed by atoms with van der Waals surface area (Å²) in [6.07, 6.45) is 0. The number of amides is 2. The number of hydrogen-bond acceptors (Lipinski definition) is 6. The molecule has 0 radical (unpaired) electrons. The number of morpholine rings is 2. The van der Waals surface area contributed by atoms with Gasteiger partial charge in [-0.3, -0.25) is 9.59 Å². The summed E-state index contributed by atoms with van der Waals surface area (Å²) in [7, 11) is 0. The minimum Gasteiger partial charge on any atom is -0.378 e. The van der Waals surface area contributed by atoms with Gasteiger partial charge in [0.1, 0.15) is 0 Å².